The number of nitrogens with two attached hydrogens (primary N) is 1. The van der Waals surface area contributed by atoms with Crippen LogP contribution in [0.2, 0.25) is 0 Å². The number of aliphatic hydroxyl groups excluding tert-OH is 2. The summed E-state index contributed by atoms with van der Waals surface area (Å²) in [6.45, 7) is 2.01. The van der Waals surface area contributed by atoms with Crippen LogP contribution in [0, 0.1) is 0 Å². The summed E-state index contributed by atoms with van der Waals surface area (Å²) in [5.41, 5.74) is 4.08. The molecular weight excluding hydrogens is 226 g/mol. The molecule has 0 spiro atoms. The van der Waals surface area contributed by atoms with E-state index in [1.54, 1.807) is 0 Å². The van der Waals surface area contributed by atoms with Crippen molar-refractivity contribution in [3.63, 3.8) is 0 Å². The molecule has 1 atom stereocenters. The molecule has 4 N–H and O–H groups in total. The molecule has 0 aromatic rings. The zero-order chi connectivity index (χ0) is 12.7. The van der Waals surface area contributed by atoms with Gasteiger partial charge in [-0.15, -0.1) is 0 Å². The van der Waals surface area contributed by atoms with Crippen LogP contribution in [0.1, 0.15) is 0 Å². The van der Waals surface area contributed by atoms with Gasteiger partial charge in [0.1, 0.15) is 6.61 Å². The highest BCUT2D eigenvalue weighted by Crippen LogP contribution is 2.01. The molecule has 0 rings (SSSR count). The molecule has 9 nitrogen and oxygen atoms in total. The molecule has 0 saturated carbocycles. The first-order chi connectivity index (χ1) is 7.40. The molecule has 0 aromatic carbocycles. The van der Waals surface area contributed by atoms with E-state index in [9.17, 15) is 14.4 Å². The number of primary amides is 1. The minimum atomic E-state index is -2.04. The second-order valence-electron chi connectivity index (χ2n) is 2.38. The van der Waals surface area contributed by atoms with Gasteiger partial charge in [0.25, 0.3) is 0 Å². The number of hydrogen-bond donors (Lipinski definition) is 3. The van der Waals surface area contributed by atoms with Crippen LogP contribution in [0.4, 0.5) is 0 Å². The average molecular weight is 235 g/mol. The molecule has 0 fully saturated rings. The molecule has 1 amide bonds. The first-order valence-corrected chi connectivity index (χ1v) is 3.75. The van der Waals surface area contributed by atoms with Crippen molar-refractivity contribution in [1.82, 2.24) is 0 Å². The second-order valence-corrected chi connectivity index (χ2v) is 2.38. The molecule has 0 aliphatic heterocycles. The lowest BCUT2D eigenvalue weighted by atomic mass is 10.1. The monoisotopic (exact) mass is 235 g/mol. The van der Waals surface area contributed by atoms with Crippen molar-refractivity contribution < 1.29 is 39.4 Å². The molecule has 0 bridgehead atoms. The Hall–Kier alpha value is -1.97. The van der Waals surface area contributed by atoms with Crippen molar-refractivity contribution in [2.45, 2.75) is 6.10 Å². The highest BCUT2D eigenvalue weighted by molar-refractivity contribution is 5.98. The summed E-state index contributed by atoms with van der Waals surface area (Å²) in [4.78, 5) is 39.0. The highest BCUT2D eigenvalue weighted by atomic mass is 17.5. The van der Waals surface area contributed by atoms with Crippen molar-refractivity contribution in [3.8, 4) is 0 Å². The van der Waals surface area contributed by atoms with Gasteiger partial charge in [0.05, 0.1) is 0 Å². The summed E-state index contributed by atoms with van der Waals surface area (Å²) >= 11 is 0. The zero-order valence-corrected chi connectivity index (χ0v) is 7.91. The van der Waals surface area contributed by atoms with Crippen LogP contribution in [-0.4, -0.2) is 40.8 Å². The van der Waals surface area contributed by atoms with Gasteiger partial charge in [0, 0.05) is 10.6 Å². The molecule has 0 heterocycles. The van der Waals surface area contributed by atoms with Gasteiger partial charge in [-0.3, -0.25) is 14.6 Å². The Labute approximate surface area is 88.9 Å². The van der Waals surface area contributed by atoms with Crippen molar-refractivity contribution in [2.75, 3.05) is 6.61 Å². The lowest BCUT2D eigenvalue weighted by Crippen LogP contribution is -2.31. The van der Waals surface area contributed by atoms with E-state index in [4.69, 9.17) is 15.9 Å². The topological polar surface area (TPSA) is 145 Å². The van der Waals surface area contributed by atoms with Gasteiger partial charge in [-0.25, -0.2) is 9.59 Å². The van der Waals surface area contributed by atoms with E-state index in [1.165, 1.54) is 0 Å². The standard InChI is InChI=1S/C7H9NO8/c1-3(6(8)12)5(11)7(13)15-16-14-4(10)2-9/h5,9,11H,1-2H2,(H2,8,12). The fourth-order valence-electron chi connectivity index (χ4n) is 0.437. The molecule has 0 saturated heterocycles. The van der Waals surface area contributed by atoms with Crippen molar-refractivity contribution in [2.24, 2.45) is 5.73 Å². The van der Waals surface area contributed by atoms with E-state index in [0.717, 1.165) is 0 Å². The Morgan fingerprint density at radius 2 is 1.88 bits per heavy atom. The van der Waals surface area contributed by atoms with Crippen LogP contribution in [0.15, 0.2) is 12.2 Å². The SMILES string of the molecule is C=C(C(N)=O)C(O)C(=O)OOOC(=O)CO. The molecule has 0 aromatic heterocycles. The normalized spacial score (nSPS) is 11.4. The highest BCUT2D eigenvalue weighted by Gasteiger charge is 2.25. The summed E-state index contributed by atoms with van der Waals surface area (Å²) in [5, 5.41) is 20.8. The zero-order valence-electron chi connectivity index (χ0n) is 7.91. The van der Waals surface area contributed by atoms with Gasteiger partial charge in [0.15, 0.2) is 6.10 Å². The molecule has 9 heteroatoms. The van der Waals surface area contributed by atoms with E-state index in [1.807, 2.05) is 0 Å². The average Bonchev–Trinajstić information content (AvgIpc) is 2.26. The van der Waals surface area contributed by atoms with Gasteiger partial charge in [-0.2, -0.15) is 0 Å². The minimum absolute atomic E-state index is 0.623. The van der Waals surface area contributed by atoms with Crippen LogP contribution >= 0.6 is 0 Å². The third-order valence-electron chi connectivity index (χ3n) is 1.24. The summed E-state index contributed by atoms with van der Waals surface area (Å²) in [6.07, 6.45) is -2.04. The molecule has 16 heavy (non-hydrogen) atoms. The summed E-state index contributed by atoms with van der Waals surface area (Å²) in [6, 6.07) is 0. The summed E-state index contributed by atoms with van der Waals surface area (Å²) in [5.74, 6) is -3.80. The molecule has 90 valence electrons. The smallest absolute Gasteiger partial charge is 0.379 e. The summed E-state index contributed by atoms with van der Waals surface area (Å²) in [7, 11) is 0. The van der Waals surface area contributed by atoms with E-state index in [2.05, 4.69) is 21.4 Å². The maximum Gasteiger partial charge on any atom is 0.379 e. The quantitative estimate of drug-likeness (QED) is 0.256. The molecule has 0 aliphatic carbocycles. The lowest BCUT2D eigenvalue weighted by molar-refractivity contribution is -0.461. The Morgan fingerprint density at radius 1 is 1.31 bits per heavy atom. The Kier molecular flexibility index (Phi) is 5.70. The van der Waals surface area contributed by atoms with Gasteiger partial charge in [0.2, 0.25) is 5.91 Å². The van der Waals surface area contributed by atoms with Crippen LogP contribution in [0.5, 0.6) is 0 Å². The number of amides is 1. The van der Waals surface area contributed by atoms with Crippen molar-refractivity contribution in [1.29, 1.82) is 0 Å². The molecule has 0 radical (unpaired) electrons. The number of carbonyl (C=O) groups is 3. The van der Waals surface area contributed by atoms with Crippen molar-refractivity contribution in [3.05, 3.63) is 12.2 Å². The second kappa shape index (κ2) is 6.50. The number of carbonyl (C=O) groups excluding carboxylic acids is 3. The van der Waals surface area contributed by atoms with Gasteiger partial charge < -0.3 is 15.9 Å². The Morgan fingerprint density at radius 3 is 2.31 bits per heavy atom. The maximum absolute atomic E-state index is 10.8. The predicted octanol–water partition coefficient (Wildman–Crippen LogP) is -2.69. The first kappa shape index (κ1) is 14.0. The fraction of sp³-hybridized carbons (Fsp3) is 0.286. The molecule has 0 aliphatic rings. The third kappa shape index (κ3) is 4.50. The number of rotatable bonds is 6. The van der Waals surface area contributed by atoms with Crippen LogP contribution < -0.4 is 5.73 Å². The molecular formula is C7H9NO8. The molecule has 1 unspecified atom stereocenters. The largest absolute Gasteiger partial charge is 0.385 e. The van der Waals surface area contributed by atoms with Crippen molar-refractivity contribution >= 4 is 17.8 Å². The van der Waals surface area contributed by atoms with Crippen LogP contribution in [-0.2, 0) is 29.2 Å². The maximum atomic E-state index is 10.8. The van der Waals surface area contributed by atoms with Gasteiger partial charge >= 0.3 is 11.9 Å². The van der Waals surface area contributed by atoms with Crippen LogP contribution in [0.25, 0.3) is 0 Å². The number of aliphatic hydroxyl groups is 2. The van der Waals surface area contributed by atoms with Crippen LogP contribution in [0.3, 0.4) is 0 Å². The summed E-state index contributed by atoms with van der Waals surface area (Å²) < 4.78 is 0. The lowest BCUT2D eigenvalue weighted by Gasteiger charge is -2.07. The van der Waals surface area contributed by atoms with Gasteiger partial charge in [-0.1, -0.05) is 6.58 Å². The first-order valence-electron chi connectivity index (χ1n) is 3.75. The Bertz CT molecular complexity index is 312. The van der Waals surface area contributed by atoms with E-state index in [0.29, 0.717) is 0 Å². The fourth-order valence-corrected chi connectivity index (χ4v) is 0.437. The third-order valence-corrected chi connectivity index (χ3v) is 1.24. The van der Waals surface area contributed by atoms with E-state index in [-0.39, 0.29) is 0 Å². The predicted molar refractivity (Wildman–Crippen MR) is 44.7 cm³/mol. The Balaban J connectivity index is 4.02. The van der Waals surface area contributed by atoms with E-state index < -0.39 is 36.1 Å². The van der Waals surface area contributed by atoms with Gasteiger partial charge in [-0.05, 0) is 0 Å². The number of hydrogen-bond acceptors (Lipinski definition) is 8. The minimum Gasteiger partial charge on any atom is -0.385 e. The van der Waals surface area contributed by atoms with E-state index >= 15 is 0 Å².